The molecule has 0 atom stereocenters. The maximum atomic E-state index is 9.47. The molecule has 2 aromatic heterocycles. The smallest absolute Gasteiger partial charge is 0.225 e. The van der Waals surface area contributed by atoms with E-state index in [1.807, 2.05) is 37.9 Å². The second kappa shape index (κ2) is 5.65. The molecule has 3 rings (SSSR count). The molecule has 1 aliphatic rings. The molecule has 2 heterocycles. The lowest BCUT2D eigenvalue weighted by Crippen LogP contribution is -2.30. The molecule has 1 N–H and O–H groups in total. The first-order chi connectivity index (χ1) is 10.5. The van der Waals surface area contributed by atoms with Crippen molar-refractivity contribution >= 4 is 5.95 Å². The number of pyridine rings is 1. The van der Waals surface area contributed by atoms with Gasteiger partial charge in [0.1, 0.15) is 0 Å². The van der Waals surface area contributed by atoms with Gasteiger partial charge in [-0.1, -0.05) is 0 Å². The fourth-order valence-corrected chi connectivity index (χ4v) is 2.76. The lowest BCUT2D eigenvalue weighted by Gasteiger charge is -2.22. The number of nitrogens with zero attached hydrogens (tertiary/aromatic N) is 4. The summed E-state index contributed by atoms with van der Waals surface area (Å²) in [5.41, 5.74) is 3.95. The van der Waals surface area contributed by atoms with E-state index < -0.39 is 0 Å². The van der Waals surface area contributed by atoms with Crippen LogP contribution in [-0.2, 0) is 0 Å². The quantitative estimate of drug-likeness (QED) is 0.918. The van der Waals surface area contributed by atoms with Crippen LogP contribution in [-0.4, -0.2) is 40.3 Å². The van der Waals surface area contributed by atoms with Crippen molar-refractivity contribution in [2.24, 2.45) is 5.41 Å². The van der Waals surface area contributed by atoms with Gasteiger partial charge in [-0.15, -0.1) is 0 Å². The Labute approximate surface area is 131 Å². The number of hydrogen-bond acceptors (Lipinski definition) is 5. The second-order valence-electron chi connectivity index (χ2n) is 6.34. The number of aromatic nitrogens is 3. The molecule has 0 aliphatic heterocycles. The van der Waals surface area contributed by atoms with Gasteiger partial charge in [-0.05, 0) is 44.9 Å². The first kappa shape index (κ1) is 14.9. The standard InChI is InChI=1S/C17H22N4O/c1-12-4-5-14(13(2)19-12)15-6-9-18-16(20-15)21(3)10-17(11-22)7-8-17/h4-6,9,22H,7-8,10-11H2,1-3H3. The minimum atomic E-state index is 0.0510. The van der Waals surface area contributed by atoms with Gasteiger partial charge in [0, 0.05) is 42.2 Å². The van der Waals surface area contributed by atoms with E-state index in [2.05, 4.69) is 21.0 Å². The average molecular weight is 298 g/mol. The number of aliphatic hydroxyl groups is 1. The largest absolute Gasteiger partial charge is 0.396 e. The number of rotatable bonds is 5. The highest BCUT2D eigenvalue weighted by molar-refractivity contribution is 5.62. The normalized spacial score (nSPS) is 15.6. The van der Waals surface area contributed by atoms with Crippen molar-refractivity contribution in [3.8, 4) is 11.3 Å². The first-order valence-electron chi connectivity index (χ1n) is 7.63. The predicted molar refractivity (Wildman–Crippen MR) is 86.8 cm³/mol. The first-order valence-corrected chi connectivity index (χ1v) is 7.63. The second-order valence-corrected chi connectivity index (χ2v) is 6.34. The summed E-state index contributed by atoms with van der Waals surface area (Å²) in [5, 5.41) is 9.47. The van der Waals surface area contributed by atoms with Gasteiger partial charge in [0.25, 0.3) is 0 Å². The minimum absolute atomic E-state index is 0.0510. The Bertz CT molecular complexity index is 682. The summed E-state index contributed by atoms with van der Waals surface area (Å²) in [6, 6.07) is 5.97. The van der Waals surface area contributed by atoms with Crippen LogP contribution in [0.15, 0.2) is 24.4 Å². The van der Waals surface area contributed by atoms with Crippen molar-refractivity contribution in [3.05, 3.63) is 35.8 Å². The lowest BCUT2D eigenvalue weighted by atomic mass is 10.1. The van der Waals surface area contributed by atoms with E-state index in [0.717, 1.165) is 42.0 Å². The zero-order valence-electron chi connectivity index (χ0n) is 13.4. The van der Waals surface area contributed by atoms with Crippen LogP contribution in [0.3, 0.4) is 0 Å². The van der Waals surface area contributed by atoms with Crippen molar-refractivity contribution in [2.45, 2.75) is 26.7 Å². The van der Waals surface area contributed by atoms with Crippen LogP contribution in [0.4, 0.5) is 5.95 Å². The molecule has 5 heteroatoms. The van der Waals surface area contributed by atoms with Gasteiger partial charge in [0.15, 0.2) is 0 Å². The molecule has 5 nitrogen and oxygen atoms in total. The zero-order valence-corrected chi connectivity index (χ0v) is 13.4. The Morgan fingerprint density at radius 2 is 1.95 bits per heavy atom. The molecule has 116 valence electrons. The van der Waals surface area contributed by atoms with Crippen molar-refractivity contribution in [3.63, 3.8) is 0 Å². The van der Waals surface area contributed by atoms with E-state index in [1.165, 1.54) is 0 Å². The molecule has 0 spiro atoms. The highest BCUT2D eigenvalue weighted by Gasteiger charge is 2.43. The van der Waals surface area contributed by atoms with Gasteiger partial charge in [-0.25, -0.2) is 9.97 Å². The zero-order chi connectivity index (χ0) is 15.7. The summed E-state index contributed by atoms with van der Waals surface area (Å²) in [6.45, 7) is 5.01. The van der Waals surface area contributed by atoms with Crippen molar-refractivity contribution in [2.75, 3.05) is 25.1 Å². The van der Waals surface area contributed by atoms with E-state index in [0.29, 0.717) is 5.95 Å². The van der Waals surface area contributed by atoms with Gasteiger partial charge in [0.2, 0.25) is 5.95 Å². The van der Waals surface area contributed by atoms with Crippen LogP contribution in [0, 0.1) is 19.3 Å². The van der Waals surface area contributed by atoms with Crippen LogP contribution in [0.5, 0.6) is 0 Å². The van der Waals surface area contributed by atoms with E-state index >= 15 is 0 Å². The van der Waals surface area contributed by atoms with E-state index in [4.69, 9.17) is 0 Å². The van der Waals surface area contributed by atoms with Crippen LogP contribution >= 0.6 is 0 Å². The summed E-state index contributed by atoms with van der Waals surface area (Å²) in [6.07, 6.45) is 3.94. The topological polar surface area (TPSA) is 62.1 Å². The molecule has 0 unspecified atom stereocenters. The Morgan fingerprint density at radius 3 is 2.59 bits per heavy atom. The van der Waals surface area contributed by atoms with Crippen LogP contribution in [0.25, 0.3) is 11.3 Å². The van der Waals surface area contributed by atoms with E-state index in [9.17, 15) is 5.11 Å². The molecule has 0 aromatic carbocycles. The monoisotopic (exact) mass is 298 g/mol. The summed E-state index contributed by atoms with van der Waals surface area (Å²) in [4.78, 5) is 15.6. The lowest BCUT2D eigenvalue weighted by molar-refractivity contribution is 0.215. The molecule has 1 aliphatic carbocycles. The Kier molecular flexibility index (Phi) is 3.83. The molecule has 2 aromatic rings. The third-order valence-electron chi connectivity index (χ3n) is 4.35. The van der Waals surface area contributed by atoms with Gasteiger partial charge in [-0.3, -0.25) is 4.98 Å². The summed E-state index contributed by atoms with van der Waals surface area (Å²) >= 11 is 0. The molecule has 0 saturated heterocycles. The number of aliphatic hydroxyl groups excluding tert-OH is 1. The third-order valence-corrected chi connectivity index (χ3v) is 4.35. The van der Waals surface area contributed by atoms with Crippen LogP contribution < -0.4 is 4.90 Å². The van der Waals surface area contributed by atoms with Gasteiger partial charge in [0.05, 0.1) is 12.3 Å². The molecule has 0 bridgehead atoms. The summed E-state index contributed by atoms with van der Waals surface area (Å²) < 4.78 is 0. The molecule has 1 saturated carbocycles. The van der Waals surface area contributed by atoms with Crippen LogP contribution in [0.1, 0.15) is 24.2 Å². The SMILES string of the molecule is Cc1ccc(-c2ccnc(N(C)CC3(CO)CC3)n2)c(C)n1. The Hall–Kier alpha value is -2.01. The highest BCUT2D eigenvalue weighted by Crippen LogP contribution is 2.45. The maximum Gasteiger partial charge on any atom is 0.225 e. The molecular weight excluding hydrogens is 276 g/mol. The van der Waals surface area contributed by atoms with Crippen molar-refractivity contribution < 1.29 is 5.11 Å². The minimum Gasteiger partial charge on any atom is -0.396 e. The van der Waals surface area contributed by atoms with Gasteiger partial charge >= 0.3 is 0 Å². The Morgan fingerprint density at radius 1 is 1.18 bits per heavy atom. The summed E-state index contributed by atoms with van der Waals surface area (Å²) in [5.74, 6) is 0.692. The molecule has 0 amide bonds. The van der Waals surface area contributed by atoms with E-state index in [1.54, 1.807) is 6.20 Å². The molecule has 1 fully saturated rings. The highest BCUT2D eigenvalue weighted by atomic mass is 16.3. The van der Waals surface area contributed by atoms with E-state index in [-0.39, 0.29) is 12.0 Å². The maximum absolute atomic E-state index is 9.47. The number of hydrogen-bond donors (Lipinski definition) is 1. The molecule has 22 heavy (non-hydrogen) atoms. The molecule has 0 radical (unpaired) electrons. The fourth-order valence-electron chi connectivity index (χ4n) is 2.76. The molecular formula is C17H22N4O. The van der Waals surface area contributed by atoms with Crippen molar-refractivity contribution in [1.29, 1.82) is 0 Å². The van der Waals surface area contributed by atoms with Gasteiger partial charge in [-0.2, -0.15) is 0 Å². The fraction of sp³-hybridized carbons (Fsp3) is 0.471. The summed E-state index contributed by atoms with van der Waals surface area (Å²) in [7, 11) is 1.98. The predicted octanol–water partition coefficient (Wildman–Crippen LogP) is 2.36. The number of aryl methyl sites for hydroxylation is 2. The third kappa shape index (κ3) is 2.95. The van der Waals surface area contributed by atoms with Crippen molar-refractivity contribution in [1.82, 2.24) is 15.0 Å². The average Bonchev–Trinajstić information content (AvgIpc) is 3.27. The Balaban J connectivity index is 1.86. The van der Waals surface area contributed by atoms with Gasteiger partial charge < -0.3 is 10.0 Å². The number of anilines is 1. The van der Waals surface area contributed by atoms with Crippen LogP contribution in [0.2, 0.25) is 0 Å².